The summed E-state index contributed by atoms with van der Waals surface area (Å²) in [6.07, 6.45) is 0. The molecule has 0 aliphatic carbocycles. The number of alkyl halides is 1. The van der Waals surface area contributed by atoms with E-state index in [9.17, 15) is 4.39 Å². The minimum atomic E-state index is -0.334. The summed E-state index contributed by atoms with van der Waals surface area (Å²) in [4.78, 5) is 0. The van der Waals surface area contributed by atoms with Gasteiger partial charge in [-0.05, 0) is 17.7 Å². The number of hydrogen-bond donors (Lipinski definition) is 0. The molecule has 0 aromatic heterocycles. The molecule has 0 atom stereocenters. The maximum absolute atomic E-state index is 12.4. The zero-order chi connectivity index (χ0) is 7.56. The molecule has 0 bridgehead atoms. The fourth-order valence-electron chi connectivity index (χ4n) is 0.630. The van der Waals surface area contributed by atoms with Crippen molar-refractivity contribution in [3.63, 3.8) is 0 Å². The molecule has 1 aromatic carbocycles. The van der Waals surface area contributed by atoms with E-state index in [1.165, 1.54) is 12.1 Å². The van der Waals surface area contributed by atoms with E-state index in [2.05, 4.69) is 0 Å². The topological polar surface area (TPSA) is 0 Å². The summed E-state index contributed by atoms with van der Waals surface area (Å²) in [5.74, 6) is -0.0158. The van der Waals surface area contributed by atoms with Crippen LogP contribution in [0, 0.1) is 5.82 Å². The van der Waals surface area contributed by atoms with E-state index in [-0.39, 0.29) is 5.82 Å². The van der Waals surface area contributed by atoms with E-state index in [1.54, 1.807) is 6.07 Å². The standard InChI is InChI=1S/C7H5Cl2F/c8-4-5-1-2-6(10)3-7(5)9/h1-3H,4H2. The van der Waals surface area contributed by atoms with Crippen LogP contribution in [-0.4, -0.2) is 0 Å². The molecule has 0 unspecified atom stereocenters. The molecule has 0 aliphatic heterocycles. The Morgan fingerprint density at radius 2 is 2.10 bits per heavy atom. The first-order valence-electron chi connectivity index (χ1n) is 2.74. The van der Waals surface area contributed by atoms with E-state index in [0.29, 0.717) is 10.9 Å². The predicted molar refractivity (Wildman–Crippen MR) is 41.0 cm³/mol. The van der Waals surface area contributed by atoms with Crippen molar-refractivity contribution in [3.05, 3.63) is 34.6 Å². The fourth-order valence-corrected chi connectivity index (χ4v) is 1.17. The maximum Gasteiger partial charge on any atom is 0.124 e. The van der Waals surface area contributed by atoms with E-state index in [1.807, 2.05) is 0 Å². The first-order chi connectivity index (χ1) is 4.74. The highest BCUT2D eigenvalue weighted by Gasteiger charge is 1.98. The zero-order valence-electron chi connectivity index (χ0n) is 5.07. The highest BCUT2D eigenvalue weighted by atomic mass is 35.5. The van der Waals surface area contributed by atoms with Crippen molar-refractivity contribution in [1.82, 2.24) is 0 Å². The lowest BCUT2D eigenvalue weighted by Crippen LogP contribution is -1.80. The summed E-state index contributed by atoms with van der Waals surface area (Å²) in [5, 5.41) is 0.384. The fraction of sp³-hybridized carbons (Fsp3) is 0.143. The third-order valence-electron chi connectivity index (χ3n) is 1.16. The second kappa shape index (κ2) is 3.22. The Hall–Kier alpha value is -0.270. The van der Waals surface area contributed by atoms with Crippen LogP contribution in [0.25, 0.3) is 0 Å². The van der Waals surface area contributed by atoms with Gasteiger partial charge >= 0.3 is 0 Å². The van der Waals surface area contributed by atoms with Gasteiger partial charge in [-0.1, -0.05) is 17.7 Å². The Labute approximate surface area is 68.6 Å². The van der Waals surface area contributed by atoms with Crippen LogP contribution < -0.4 is 0 Å². The summed E-state index contributed by atoms with van der Waals surface area (Å²) in [5.41, 5.74) is 0.754. The lowest BCUT2D eigenvalue weighted by atomic mass is 10.2. The van der Waals surface area contributed by atoms with Gasteiger partial charge < -0.3 is 0 Å². The van der Waals surface area contributed by atoms with Crippen molar-refractivity contribution in [2.24, 2.45) is 0 Å². The molecule has 0 amide bonds. The number of benzene rings is 1. The smallest absolute Gasteiger partial charge is 0.124 e. The van der Waals surface area contributed by atoms with E-state index in [0.717, 1.165) is 5.56 Å². The van der Waals surface area contributed by atoms with Crippen LogP contribution in [0.2, 0.25) is 5.02 Å². The molecule has 0 nitrogen and oxygen atoms in total. The van der Waals surface area contributed by atoms with Crippen molar-refractivity contribution in [2.75, 3.05) is 0 Å². The minimum absolute atomic E-state index is 0.319. The monoisotopic (exact) mass is 178 g/mol. The second-order valence-electron chi connectivity index (χ2n) is 1.87. The number of halogens is 3. The molecule has 0 N–H and O–H groups in total. The van der Waals surface area contributed by atoms with Gasteiger partial charge in [0.05, 0.1) is 0 Å². The SMILES string of the molecule is Fc1ccc(CCl)c(Cl)c1. The van der Waals surface area contributed by atoms with Crippen LogP contribution in [0.1, 0.15) is 5.56 Å². The van der Waals surface area contributed by atoms with Crippen molar-refractivity contribution >= 4 is 23.2 Å². The first kappa shape index (κ1) is 7.83. The Morgan fingerprint density at radius 3 is 2.60 bits per heavy atom. The van der Waals surface area contributed by atoms with Crippen LogP contribution in [0.4, 0.5) is 4.39 Å². The normalized spacial score (nSPS) is 9.90. The van der Waals surface area contributed by atoms with Gasteiger partial charge in [-0.3, -0.25) is 0 Å². The van der Waals surface area contributed by atoms with Crippen molar-refractivity contribution in [2.45, 2.75) is 5.88 Å². The highest BCUT2D eigenvalue weighted by molar-refractivity contribution is 6.32. The minimum Gasteiger partial charge on any atom is -0.207 e. The predicted octanol–water partition coefficient (Wildman–Crippen LogP) is 3.22. The van der Waals surface area contributed by atoms with Crippen molar-refractivity contribution in [1.29, 1.82) is 0 Å². The van der Waals surface area contributed by atoms with Crippen LogP contribution in [0.5, 0.6) is 0 Å². The van der Waals surface area contributed by atoms with Crippen molar-refractivity contribution < 1.29 is 4.39 Å². The molecule has 0 aliphatic rings. The zero-order valence-corrected chi connectivity index (χ0v) is 6.58. The van der Waals surface area contributed by atoms with Gasteiger partial charge in [0.2, 0.25) is 0 Å². The van der Waals surface area contributed by atoms with Gasteiger partial charge in [0.25, 0.3) is 0 Å². The highest BCUT2D eigenvalue weighted by Crippen LogP contribution is 2.18. The molecule has 0 radical (unpaired) electrons. The molecular weight excluding hydrogens is 174 g/mol. The lowest BCUT2D eigenvalue weighted by Gasteiger charge is -1.97. The molecule has 0 spiro atoms. The Balaban J connectivity index is 3.07. The summed E-state index contributed by atoms with van der Waals surface area (Å²) in [6.45, 7) is 0. The van der Waals surface area contributed by atoms with Gasteiger partial charge in [0.1, 0.15) is 5.82 Å². The Bertz CT molecular complexity index is 235. The van der Waals surface area contributed by atoms with Crippen LogP contribution in [0.3, 0.4) is 0 Å². The average Bonchev–Trinajstić information content (AvgIpc) is 1.88. The largest absolute Gasteiger partial charge is 0.207 e. The lowest BCUT2D eigenvalue weighted by molar-refractivity contribution is 0.627. The van der Waals surface area contributed by atoms with E-state index in [4.69, 9.17) is 23.2 Å². The maximum atomic E-state index is 12.4. The summed E-state index contributed by atoms with van der Waals surface area (Å²) >= 11 is 11.1. The quantitative estimate of drug-likeness (QED) is 0.580. The van der Waals surface area contributed by atoms with Crippen LogP contribution in [-0.2, 0) is 5.88 Å². The van der Waals surface area contributed by atoms with Gasteiger partial charge in [0, 0.05) is 10.9 Å². The van der Waals surface area contributed by atoms with Gasteiger partial charge in [-0.25, -0.2) is 4.39 Å². The molecule has 3 heteroatoms. The molecule has 1 rings (SSSR count). The van der Waals surface area contributed by atoms with E-state index >= 15 is 0 Å². The third-order valence-corrected chi connectivity index (χ3v) is 1.80. The summed E-state index contributed by atoms with van der Waals surface area (Å²) in [6, 6.07) is 4.16. The first-order valence-corrected chi connectivity index (χ1v) is 3.65. The Kier molecular flexibility index (Phi) is 2.52. The molecule has 0 saturated heterocycles. The third kappa shape index (κ3) is 1.61. The molecule has 0 saturated carbocycles. The molecule has 10 heavy (non-hydrogen) atoms. The molecule has 1 aromatic rings. The Morgan fingerprint density at radius 1 is 1.40 bits per heavy atom. The van der Waals surface area contributed by atoms with Gasteiger partial charge in [-0.15, -0.1) is 11.6 Å². The molecule has 54 valence electrons. The number of rotatable bonds is 1. The van der Waals surface area contributed by atoms with Gasteiger partial charge in [0.15, 0.2) is 0 Å². The van der Waals surface area contributed by atoms with Crippen molar-refractivity contribution in [3.8, 4) is 0 Å². The van der Waals surface area contributed by atoms with Crippen LogP contribution >= 0.6 is 23.2 Å². The van der Waals surface area contributed by atoms with E-state index < -0.39 is 0 Å². The molecule has 0 heterocycles. The second-order valence-corrected chi connectivity index (χ2v) is 2.54. The summed E-state index contributed by atoms with van der Waals surface area (Å²) in [7, 11) is 0. The molecule has 0 fully saturated rings. The average molecular weight is 179 g/mol. The summed E-state index contributed by atoms with van der Waals surface area (Å²) < 4.78 is 12.4. The number of hydrogen-bond acceptors (Lipinski definition) is 0. The van der Waals surface area contributed by atoms with Gasteiger partial charge in [-0.2, -0.15) is 0 Å². The van der Waals surface area contributed by atoms with Crippen LogP contribution in [0.15, 0.2) is 18.2 Å². The molecular formula is C7H5Cl2F.